The van der Waals surface area contributed by atoms with E-state index in [0.717, 1.165) is 44.6 Å². The minimum atomic E-state index is 0.675. The largest absolute Gasteiger partial charge is 0.379 e. The monoisotopic (exact) mass is 301 g/mol. The molecule has 1 atom stereocenters. The van der Waals surface area contributed by atoms with Gasteiger partial charge in [0.15, 0.2) is 0 Å². The Balaban J connectivity index is 1.76. The van der Waals surface area contributed by atoms with Crippen LogP contribution in [0.3, 0.4) is 0 Å². The summed E-state index contributed by atoms with van der Waals surface area (Å²) in [5.41, 5.74) is 0. The summed E-state index contributed by atoms with van der Waals surface area (Å²) in [5, 5.41) is 3.60. The molecule has 126 valence electrons. The van der Waals surface area contributed by atoms with Gasteiger partial charge >= 0.3 is 0 Å². The highest BCUT2D eigenvalue weighted by Gasteiger charge is 2.21. The Bertz CT molecular complexity index is 222. The molecule has 1 saturated carbocycles. The predicted octanol–water partition coefficient (Wildman–Crippen LogP) is 3.00. The van der Waals surface area contributed by atoms with E-state index in [-0.39, 0.29) is 0 Å². The molecule has 1 aliphatic rings. The smallest absolute Gasteiger partial charge is 0.0701 e. The van der Waals surface area contributed by atoms with Gasteiger partial charge in [-0.2, -0.15) is 0 Å². The summed E-state index contributed by atoms with van der Waals surface area (Å²) >= 11 is 0. The van der Waals surface area contributed by atoms with Crippen molar-refractivity contribution < 1.29 is 14.2 Å². The predicted molar refractivity (Wildman–Crippen MR) is 86.8 cm³/mol. The average molecular weight is 301 g/mol. The number of unbranched alkanes of at least 4 members (excludes halogenated alkanes) is 1. The van der Waals surface area contributed by atoms with Crippen molar-refractivity contribution in [2.24, 2.45) is 5.92 Å². The minimum Gasteiger partial charge on any atom is -0.379 e. The van der Waals surface area contributed by atoms with E-state index in [1.165, 1.54) is 25.7 Å². The molecule has 1 fully saturated rings. The maximum Gasteiger partial charge on any atom is 0.0701 e. The lowest BCUT2D eigenvalue weighted by atomic mass is 10.0. The van der Waals surface area contributed by atoms with Crippen LogP contribution in [-0.2, 0) is 14.2 Å². The average Bonchev–Trinajstić information content (AvgIpc) is 3.32. The van der Waals surface area contributed by atoms with Gasteiger partial charge < -0.3 is 19.5 Å². The third-order valence-electron chi connectivity index (χ3n) is 3.91. The normalized spacial score (nSPS) is 16.3. The molecule has 1 unspecified atom stereocenters. The first-order valence-electron chi connectivity index (χ1n) is 8.83. The second-order valence-corrected chi connectivity index (χ2v) is 5.94. The fourth-order valence-electron chi connectivity index (χ4n) is 2.11. The van der Waals surface area contributed by atoms with Crippen LogP contribution in [0.5, 0.6) is 0 Å². The first kappa shape index (κ1) is 18.9. The lowest BCUT2D eigenvalue weighted by Gasteiger charge is -2.15. The van der Waals surface area contributed by atoms with E-state index in [9.17, 15) is 0 Å². The van der Waals surface area contributed by atoms with Gasteiger partial charge in [0.1, 0.15) is 0 Å². The van der Waals surface area contributed by atoms with Crippen molar-refractivity contribution in [3.05, 3.63) is 0 Å². The van der Waals surface area contributed by atoms with Crippen molar-refractivity contribution in [3.8, 4) is 0 Å². The number of ether oxygens (including phenoxy) is 3. The second kappa shape index (κ2) is 13.5. The molecule has 4 nitrogen and oxygen atoms in total. The van der Waals surface area contributed by atoms with E-state index in [1.807, 2.05) is 0 Å². The van der Waals surface area contributed by atoms with Crippen LogP contribution >= 0.6 is 0 Å². The third kappa shape index (κ3) is 12.1. The van der Waals surface area contributed by atoms with E-state index in [4.69, 9.17) is 14.2 Å². The van der Waals surface area contributed by atoms with E-state index >= 15 is 0 Å². The van der Waals surface area contributed by atoms with Gasteiger partial charge in [0.2, 0.25) is 0 Å². The first-order valence-corrected chi connectivity index (χ1v) is 8.83. The SMILES string of the molecule is CCCCOCCOCCOCCC(CC)CNC1CC1. The molecule has 0 aromatic rings. The van der Waals surface area contributed by atoms with Crippen molar-refractivity contribution in [1.82, 2.24) is 5.32 Å². The lowest BCUT2D eigenvalue weighted by Crippen LogP contribution is -2.25. The zero-order valence-electron chi connectivity index (χ0n) is 14.1. The fourth-order valence-corrected chi connectivity index (χ4v) is 2.11. The Labute approximate surface area is 130 Å². The van der Waals surface area contributed by atoms with Crippen molar-refractivity contribution in [3.63, 3.8) is 0 Å². The quantitative estimate of drug-likeness (QED) is 0.445. The lowest BCUT2D eigenvalue weighted by molar-refractivity contribution is 0.0118. The fraction of sp³-hybridized carbons (Fsp3) is 1.00. The number of rotatable bonds is 16. The Morgan fingerprint density at radius 1 is 0.905 bits per heavy atom. The van der Waals surface area contributed by atoms with Crippen LogP contribution in [0.4, 0.5) is 0 Å². The molecule has 1 N–H and O–H groups in total. The van der Waals surface area contributed by atoms with Gasteiger partial charge in [-0.15, -0.1) is 0 Å². The van der Waals surface area contributed by atoms with Gasteiger partial charge in [-0.05, 0) is 38.1 Å². The Morgan fingerprint density at radius 2 is 1.52 bits per heavy atom. The maximum absolute atomic E-state index is 5.64. The second-order valence-electron chi connectivity index (χ2n) is 5.94. The van der Waals surface area contributed by atoms with E-state index in [1.54, 1.807) is 0 Å². The molecule has 0 radical (unpaired) electrons. The van der Waals surface area contributed by atoms with Crippen molar-refractivity contribution in [1.29, 1.82) is 0 Å². The molecule has 0 bridgehead atoms. The standard InChI is InChI=1S/C17H35NO3/c1-3-5-9-19-11-13-21-14-12-20-10-8-16(4-2)15-18-17-6-7-17/h16-18H,3-15H2,1-2H3. The summed E-state index contributed by atoms with van der Waals surface area (Å²) in [6, 6.07) is 0.813. The molecule has 0 saturated heterocycles. The molecule has 0 aromatic carbocycles. The van der Waals surface area contributed by atoms with Gasteiger partial charge in [-0.1, -0.05) is 26.7 Å². The van der Waals surface area contributed by atoms with Crippen molar-refractivity contribution in [2.45, 2.75) is 58.4 Å². The van der Waals surface area contributed by atoms with Crippen LogP contribution in [-0.4, -0.2) is 52.2 Å². The molecule has 21 heavy (non-hydrogen) atoms. The van der Waals surface area contributed by atoms with Gasteiger partial charge in [-0.25, -0.2) is 0 Å². The molecular formula is C17H35NO3. The summed E-state index contributed by atoms with van der Waals surface area (Å²) < 4.78 is 16.5. The summed E-state index contributed by atoms with van der Waals surface area (Å²) in [5.74, 6) is 0.749. The van der Waals surface area contributed by atoms with Crippen molar-refractivity contribution in [2.75, 3.05) is 46.2 Å². The maximum atomic E-state index is 5.64. The minimum absolute atomic E-state index is 0.675. The summed E-state index contributed by atoms with van der Waals surface area (Å²) in [4.78, 5) is 0. The Kier molecular flexibility index (Phi) is 12.1. The van der Waals surface area contributed by atoms with Crippen LogP contribution in [0.2, 0.25) is 0 Å². The molecule has 1 aliphatic carbocycles. The highest BCUT2D eigenvalue weighted by molar-refractivity contribution is 4.81. The van der Waals surface area contributed by atoms with Crippen molar-refractivity contribution >= 4 is 0 Å². The molecular weight excluding hydrogens is 266 g/mol. The zero-order valence-corrected chi connectivity index (χ0v) is 14.1. The van der Waals surface area contributed by atoms with Crippen LogP contribution in [0, 0.1) is 5.92 Å². The number of hydrogen-bond acceptors (Lipinski definition) is 4. The van der Waals surface area contributed by atoms with E-state index in [2.05, 4.69) is 19.2 Å². The highest BCUT2D eigenvalue weighted by atomic mass is 16.5. The van der Waals surface area contributed by atoms with E-state index < -0.39 is 0 Å². The summed E-state index contributed by atoms with van der Waals surface area (Å²) in [6.07, 6.45) is 7.44. The zero-order chi connectivity index (χ0) is 15.2. The third-order valence-corrected chi connectivity index (χ3v) is 3.91. The Hall–Kier alpha value is -0.160. The molecule has 0 heterocycles. The number of hydrogen-bond donors (Lipinski definition) is 1. The van der Waals surface area contributed by atoms with Crippen LogP contribution in [0.25, 0.3) is 0 Å². The van der Waals surface area contributed by atoms with Crippen LogP contribution in [0.15, 0.2) is 0 Å². The van der Waals surface area contributed by atoms with Gasteiger partial charge in [-0.3, -0.25) is 0 Å². The van der Waals surface area contributed by atoms with Gasteiger partial charge in [0.25, 0.3) is 0 Å². The number of nitrogens with one attached hydrogen (secondary N) is 1. The van der Waals surface area contributed by atoms with E-state index in [0.29, 0.717) is 26.4 Å². The molecule has 0 aromatic heterocycles. The van der Waals surface area contributed by atoms with Crippen LogP contribution < -0.4 is 5.32 Å². The molecule has 4 heteroatoms. The molecule has 0 amide bonds. The molecule has 1 rings (SSSR count). The Morgan fingerprint density at radius 3 is 2.10 bits per heavy atom. The highest BCUT2D eigenvalue weighted by Crippen LogP contribution is 2.19. The first-order chi connectivity index (χ1) is 10.4. The summed E-state index contributed by atoms with van der Waals surface area (Å²) in [6.45, 7) is 10.0. The van der Waals surface area contributed by atoms with Gasteiger partial charge in [0, 0.05) is 19.3 Å². The molecule has 0 spiro atoms. The molecule has 0 aliphatic heterocycles. The van der Waals surface area contributed by atoms with Gasteiger partial charge in [0.05, 0.1) is 26.4 Å². The topological polar surface area (TPSA) is 39.7 Å². The van der Waals surface area contributed by atoms with Crippen LogP contribution in [0.1, 0.15) is 52.4 Å². The summed E-state index contributed by atoms with van der Waals surface area (Å²) in [7, 11) is 0.